The van der Waals surface area contributed by atoms with Gasteiger partial charge < -0.3 is 18.9 Å². The van der Waals surface area contributed by atoms with Crippen molar-refractivity contribution in [1.82, 2.24) is 4.72 Å². The van der Waals surface area contributed by atoms with Crippen LogP contribution in [-0.2, 0) is 10.0 Å². The van der Waals surface area contributed by atoms with E-state index in [1.54, 1.807) is 44.4 Å². The largest absolute Gasteiger partial charge is 0.497 e. The molecule has 0 aromatic heterocycles. The first kappa shape index (κ1) is 19.9. The smallest absolute Gasteiger partial charge is 0.244 e. The Morgan fingerprint density at radius 2 is 1.35 bits per heavy atom. The van der Waals surface area contributed by atoms with Crippen LogP contribution >= 0.6 is 0 Å². The van der Waals surface area contributed by atoms with Crippen LogP contribution in [0.15, 0.2) is 41.3 Å². The number of hydrogen-bond donors (Lipinski definition) is 1. The summed E-state index contributed by atoms with van der Waals surface area (Å²) < 4.78 is 49.3. The zero-order chi connectivity index (χ0) is 19.3. The van der Waals surface area contributed by atoms with E-state index in [4.69, 9.17) is 18.9 Å². The molecule has 0 aliphatic carbocycles. The fourth-order valence-electron chi connectivity index (χ4n) is 2.53. The maximum Gasteiger partial charge on any atom is 0.244 e. The summed E-state index contributed by atoms with van der Waals surface area (Å²) in [6.45, 7) is 1.72. The van der Waals surface area contributed by atoms with Crippen LogP contribution in [0.4, 0.5) is 0 Å². The lowest BCUT2D eigenvalue weighted by atomic mass is 10.1. The molecular formula is C18H23NO6S. The molecular weight excluding hydrogens is 358 g/mol. The van der Waals surface area contributed by atoms with Gasteiger partial charge in [-0.2, -0.15) is 0 Å². The third-order valence-electron chi connectivity index (χ3n) is 3.90. The average molecular weight is 381 g/mol. The number of rotatable bonds is 8. The van der Waals surface area contributed by atoms with Gasteiger partial charge in [-0.05, 0) is 37.3 Å². The van der Waals surface area contributed by atoms with E-state index in [1.807, 2.05) is 0 Å². The summed E-state index contributed by atoms with van der Waals surface area (Å²) >= 11 is 0. The third-order valence-corrected chi connectivity index (χ3v) is 5.46. The van der Waals surface area contributed by atoms with Crippen LogP contribution in [0.3, 0.4) is 0 Å². The fourth-order valence-corrected chi connectivity index (χ4v) is 3.94. The van der Waals surface area contributed by atoms with Gasteiger partial charge in [0.2, 0.25) is 10.0 Å². The summed E-state index contributed by atoms with van der Waals surface area (Å²) in [5.41, 5.74) is 0.650. The van der Waals surface area contributed by atoms with Crippen LogP contribution in [0.5, 0.6) is 23.0 Å². The van der Waals surface area contributed by atoms with Gasteiger partial charge in [-0.1, -0.05) is 0 Å². The van der Waals surface area contributed by atoms with Crippen molar-refractivity contribution in [3.8, 4) is 23.0 Å². The minimum atomic E-state index is -3.88. The lowest BCUT2D eigenvalue weighted by Gasteiger charge is -2.19. The van der Waals surface area contributed by atoms with E-state index >= 15 is 0 Å². The maximum atomic E-state index is 12.9. The van der Waals surface area contributed by atoms with Crippen molar-refractivity contribution in [2.75, 3.05) is 28.4 Å². The van der Waals surface area contributed by atoms with Gasteiger partial charge in [-0.25, -0.2) is 13.1 Å². The van der Waals surface area contributed by atoms with E-state index in [9.17, 15) is 8.42 Å². The number of benzene rings is 2. The quantitative estimate of drug-likeness (QED) is 0.757. The second-order valence-electron chi connectivity index (χ2n) is 5.47. The van der Waals surface area contributed by atoms with Gasteiger partial charge in [-0.3, -0.25) is 0 Å². The summed E-state index contributed by atoms with van der Waals surface area (Å²) in [4.78, 5) is -0.00642. The van der Waals surface area contributed by atoms with Crippen molar-refractivity contribution < 1.29 is 27.4 Å². The molecule has 0 saturated carbocycles. The molecule has 0 radical (unpaired) electrons. The standard InChI is InChI=1S/C18H23NO6S/c1-12(15-10-13(22-2)6-8-16(15)24-4)19-26(20,21)18-11-14(23-3)7-9-17(18)25-5/h6-12,19H,1-5H3/t12-/m0/s1. The Morgan fingerprint density at radius 3 is 1.88 bits per heavy atom. The van der Waals surface area contributed by atoms with Crippen molar-refractivity contribution in [2.45, 2.75) is 17.9 Å². The minimum absolute atomic E-state index is 0.00642. The number of nitrogens with one attached hydrogen (secondary N) is 1. The third kappa shape index (κ3) is 4.20. The Bertz CT molecular complexity index is 866. The highest BCUT2D eigenvalue weighted by Gasteiger charge is 2.25. The first-order chi connectivity index (χ1) is 12.4. The Balaban J connectivity index is 2.41. The number of ether oxygens (including phenoxy) is 4. The molecule has 0 aliphatic heterocycles. The lowest BCUT2D eigenvalue weighted by molar-refractivity contribution is 0.390. The highest BCUT2D eigenvalue weighted by Crippen LogP contribution is 2.32. The number of methoxy groups -OCH3 is 4. The molecule has 1 atom stereocenters. The molecule has 0 bridgehead atoms. The zero-order valence-electron chi connectivity index (χ0n) is 15.4. The fraction of sp³-hybridized carbons (Fsp3) is 0.333. The first-order valence-electron chi connectivity index (χ1n) is 7.82. The van der Waals surface area contributed by atoms with Gasteiger partial charge in [0, 0.05) is 17.7 Å². The summed E-state index contributed by atoms with van der Waals surface area (Å²) in [7, 11) is 2.07. The molecule has 0 saturated heterocycles. The predicted molar refractivity (Wildman–Crippen MR) is 97.8 cm³/mol. The zero-order valence-corrected chi connectivity index (χ0v) is 16.2. The summed E-state index contributed by atoms with van der Waals surface area (Å²) in [5, 5.41) is 0. The Hall–Kier alpha value is -2.45. The van der Waals surface area contributed by atoms with Crippen molar-refractivity contribution in [3.63, 3.8) is 0 Å². The molecule has 2 aromatic rings. The molecule has 7 nitrogen and oxygen atoms in total. The average Bonchev–Trinajstić information content (AvgIpc) is 2.66. The summed E-state index contributed by atoms with van der Waals surface area (Å²) in [6, 6.07) is 9.22. The van der Waals surface area contributed by atoms with Gasteiger partial charge in [0.1, 0.15) is 27.9 Å². The van der Waals surface area contributed by atoms with E-state index in [0.29, 0.717) is 22.8 Å². The second kappa shape index (κ2) is 8.29. The van der Waals surface area contributed by atoms with Gasteiger partial charge in [-0.15, -0.1) is 0 Å². The molecule has 26 heavy (non-hydrogen) atoms. The SMILES string of the molecule is COc1ccc(OC)c([C@H](C)NS(=O)(=O)c2cc(OC)ccc2OC)c1. The Kier molecular flexibility index (Phi) is 6.33. The van der Waals surface area contributed by atoms with Crippen molar-refractivity contribution >= 4 is 10.0 Å². The molecule has 2 aromatic carbocycles. The highest BCUT2D eigenvalue weighted by atomic mass is 32.2. The van der Waals surface area contributed by atoms with Crippen LogP contribution in [0, 0.1) is 0 Å². The van der Waals surface area contributed by atoms with Crippen molar-refractivity contribution in [3.05, 3.63) is 42.0 Å². The molecule has 0 fully saturated rings. The van der Waals surface area contributed by atoms with Gasteiger partial charge in [0.15, 0.2) is 0 Å². The lowest BCUT2D eigenvalue weighted by Crippen LogP contribution is -2.27. The van der Waals surface area contributed by atoms with Gasteiger partial charge in [0.25, 0.3) is 0 Å². The molecule has 0 amide bonds. The predicted octanol–water partition coefficient (Wildman–Crippen LogP) is 2.76. The van der Waals surface area contributed by atoms with Crippen LogP contribution in [-0.4, -0.2) is 36.9 Å². The van der Waals surface area contributed by atoms with Crippen LogP contribution in [0.25, 0.3) is 0 Å². The van der Waals surface area contributed by atoms with Gasteiger partial charge in [0.05, 0.1) is 28.4 Å². The van der Waals surface area contributed by atoms with Crippen LogP contribution in [0.1, 0.15) is 18.5 Å². The van der Waals surface area contributed by atoms with Crippen LogP contribution < -0.4 is 23.7 Å². The van der Waals surface area contributed by atoms with Crippen molar-refractivity contribution in [2.24, 2.45) is 0 Å². The Labute approximate surface area is 153 Å². The molecule has 8 heteroatoms. The highest BCUT2D eigenvalue weighted by molar-refractivity contribution is 7.89. The Morgan fingerprint density at radius 1 is 0.808 bits per heavy atom. The van der Waals surface area contributed by atoms with E-state index in [1.165, 1.54) is 27.4 Å². The topological polar surface area (TPSA) is 83.1 Å². The van der Waals surface area contributed by atoms with E-state index in [-0.39, 0.29) is 10.6 Å². The number of sulfonamides is 1. The maximum absolute atomic E-state index is 12.9. The molecule has 0 aliphatic rings. The molecule has 2 rings (SSSR count). The number of hydrogen-bond acceptors (Lipinski definition) is 6. The minimum Gasteiger partial charge on any atom is -0.497 e. The van der Waals surface area contributed by atoms with E-state index in [2.05, 4.69) is 4.72 Å². The normalized spacial score (nSPS) is 12.3. The molecule has 0 heterocycles. The van der Waals surface area contributed by atoms with Crippen molar-refractivity contribution in [1.29, 1.82) is 0 Å². The molecule has 0 unspecified atom stereocenters. The summed E-state index contributed by atoms with van der Waals surface area (Å²) in [6.07, 6.45) is 0. The first-order valence-corrected chi connectivity index (χ1v) is 9.31. The molecule has 0 spiro atoms. The van der Waals surface area contributed by atoms with E-state index < -0.39 is 16.1 Å². The van der Waals surface area contributed by atoms with E-state index in [0.717, 1.165) is 0 Å². The molecule has 142 valence electrons. The van der Waals surface area contributed by atoms with Crippen LogP contribution in [0.2, 0.25) is 0 Å². The van der Waals surface area contributed by atoms with Gasteiger partial charge >= 0.3 is 0 Å². The monoisotopic (exact) mass is 381 g/mol. The molecule has 1 N–H and O–H groups in total. The second-order valence-corrected chi connectivity index (χ2v) is 7.15. The summed E-state index contributed by atoms with van der Waals surface area (Å²) in [5.74, 6) is 1.80.